The molecule has 2 aliphatic rings. The van der Waals surface area contributed by atoms with Crippen molar-refractivity contribution in [2.45, 2.75) is 71.3 Å². The molecule has 172 valence electrons. The maximum Gasteiger partial charge on any atom is 0.224 e. The first-order valence-corrected chi connectivity index (χ1v) is 12.5. The van der Waals surface area contributed by atoms with Gasteiger partial charge in [0.25, 0.3) is 0 Å². The molecule has 32 heavy (non-hydrogen) atoms. The van der Waals surface area contributed by atoms with E-state index in [1.165, 1.54) is 36.8 Å². The van der Waals surface area contributed by atoms with E-state index < -0.39 is 0 Å². The van der Waals surface area contributed by atoms with E-state index in [4.69, 9.17) is 9.97 Å². The molecule has 2 fully saturated rings. The van der Waals surface area contributed by atoms with Gasteiger partial charge in [-0.05, 0) is 75.6 Å². The van der Waals surface area contributed by atoms with Gasteiger partial charge in [0.15, 0.2) is 0 Å². The van der Waals surface area contributed by atoms with Gasteiger partial charge >= 0.3 is 0 Å². The first-order valence-electron chi connectivity index (χ1n) is 12.5. The standard InChI is InChI=1S/C26H38N6/c1-3-4-13-28-26-30-18-23(25(32-26)31-22-8-5-19(2)6-9-22)24-10-7-21(17-29-24)16-20-11-14-27-15-12-20/h7,10,16-19,22,27H,3-6,8-9,11-15H2,1-2H3,(H2,28,30,31,32). The largest absolute Gasteiger partial charge is 0.367 e. The highest BCUT2D eigenvalue weighted by atomic mass is 15.1. The molecule has 1 aliphatic carbocycles. The molecule has 0 radical (unpaired) electrons. The molecule has 2 aromatic heterocycles. The molecule has 1 saturated carbocycles. The number of anilines is 2. The molecule has 3 heterocycles. The minimum absolute atomic E-state index is 0.465. The van der Waals surface area contributed by atoms with Crippen LogP contribution in [0.1, 0.15) is 70.8 Å². The molecule has 0 aromatic carbocycles. The second kappa shape index (κ2) is 11.4. The maximum absolute atomic E-state index is 4.86. The summed E-state index contributed by atoms with van der Waals surface area (Å²) in [5, 5.41) is 10.5. The summed E-state index contributed by atoms with van der Waals surface area (Å²) in [4.78, 5) is 14.2. The lowest BCUT2D eigenvalue weighted by Crippen LogP contribution is -2.26. The Kier molecular flexibility index (Phi) is 8.10. The Labute approximate surface area is 192 Å². The molecule has 1 aliphatic heterocycles. The Balaban J connectivity index is 1.54. The average molecular weight is 435 g/mol. The number of nitrogens with zero attached hydrogens (tertiary/aromatic N) is 3. The zero-order valence-corrected chi connectivity index (χ0v) is 19.7. The molecule has 6 heteroatoms. The fourth-order valence-corrected chi connectivity index (χ4v) is 4.52. The number of pyridine rings is 1. The van der Waals surface area contributed by atoms with Crippen molar-refractivity contribution < 1.29 is 0 Å². The summed E-state index contributed by atoms with van der Waals surface area (Å²) in [7, 11) is 0. The van der Waals surface area contributed by atoms with Crippen molar-refractivity contribution in [1.29, 1.82) is 0 Å². The molecule has 4 rings (SSSR count). The second-order valence-electron chi connectivity index (χ2n) is 9.37. The number of hydrogen-bond donors (Lipinski definition) is 3. The Morgan fingerprint density at radius 3 is 2.59 bits per heavy atom. The van der Waals surface area contributed by atoms with Crippen LogP contribution in [-0.4, -0.2) is 40.6 Å². The van der Waals surface area contributed by atoms with Gasteiger partial charge < -0.3 is 16.0 Å². The van der Waals surface area contributed by atoms with Crippen LogP contribution in [-0.2, 0) is 0 Å². The van der Waals surface area contributed by atoms with Crippen molar-refractivity contribution in [1.82, 2.24) is 20.3 Å². The minimum Gasteiger partial charge on any atom is -0.367 e. The fraction of sp³-hybridized carbons (Fsp3) is 0.577. The summed E-state index contributed by atoms with van der Waals surface area (Å²) in [5.41, 5.74) is 4.56. The molecular formula is C26H38N6. The van der Waals surface area contributed by atoms with E-state index in [-0.39, 0.29) is 0 Å². The number of piperidine rings is 1. The fourth-order valence-electron chi connectivity index (χ4n) is 4.52. The Bertz CT molecular complexity index is 876. The molecule has 3 N–H and O–H groups in total. The Morgan fingerprint density at radius 2 is 1.88 bits per heavy atom. The maximum atomic E-state index is 4.86. The molecule has 0 spiro atoms. The first-order chi connectivity index (χ1) is 15.7. The summed E-state index contributed by atoms with van der Waals surface area (Å²) < 4.78 is 0. The van der Waals surface area contributed by atoms with Crippen molar-refractivity contribution in [3.8, 4) is 11.3 Å². The summed E-state index contributed by atoms with van der Waals surface area (Å²) >= 11 is 0. The van der Waals surface area contributed by atoms with E-state index in [1.807, 2.05) is 12.4 Å². The van der Waals surface area contributed by atoms with Crippen LogP contribution in [0.25, 0.3) is 17.3 Å². The van der Waals surface area contributed by atoms with Gasteiger partial charge in [0.05, 0.1) is 11.3 Å². The van der Waals surface area contributed by atoms with E-state index in [9.17, 15) is 0 Å². The number of unbranched alkanes of at least 4 members (excludes halogenated alkanes) is 1. The highest BCUT2D eigenvalue weighted by Crippen LogP contribution is 2.30. The third kappa shape index (κ3) is 6.28. The van der Waals surface area contributed by atoms with E-state index in [1.54, 1.807) is 0 Å². The molecule has 0 bridgehead atoms. The van der Waals surface area contributed by atoms with Gasteiger partial charge in [-0.3, -0.25) is 4.98 Å². The van der Waals surface area contributed by atoms with Gasteiger partial charge in [0.2, 0.25) is 5.95 Å². The zero-order chi connectivity index (χ0) is 22.2. The van der Waals surface area contributed by atoms with Gasteiger partial charge in [-0.1, -0.05) is 38.0 Å². The van der Waals surface area contributed by atoms with E-state index in [0.29, 0.717) is 12.0 Å². The number of rotatable bonds is 8. The van der Waals surface area contributed by atoms with Crippen molar-refractivity contribution in [3.63, 3.8) is 0 Å². The SMILES string of the molecule is CCCCNc1ncc(-c2ccc(C=C3CCNCC3)cn2)c(NC2CCC(C)CC2)n1. The van der Waals surface area contributed by atoms with Crippen LogP contribution >= 0.6 is 0 Å². The number of nitrogens with one attached hydrogen (secondary N) is 3. The molecule has 6 nitrogen and oxygen atoms in total. The Hall–Kier alpha value is -2.47. The highest BCUT2D eigenvalue weighted by molar-refractivity contribution is 5.73. The normalized spacial score (nSPS) is 21.2. The van der Waals surface area contributed by atoms with E-state index >= 15 is 0 Å². The summed E-state index contributed by atoms with van der Waals surface area (Å²) in [6.45, 7) is 7.59. The molecule has 2 aromatic rings. The Morgan fingerprint density at radius 1 is 1.06 bits per heavy atom. The topological polar surface area (TPSA) is 74.8 Å². The van der Waals surface area contributed by atoms with Gasteiger partial charge in [-0.15, -0.1) is 0 Å². The van der Waals surface area contributed by atoms with Gasteiger partial charge in [-0.25, -0.2) is 4.98 Å². The monoisotopic (exact) mass is 434 g/mol. The predicted molar refractivity (Wildman–Crippen MR) is 134 cm³/mol. The van der Waals surface area contributed by atoms with Crippen LogP contribution in [0.2, 0.25) is 0 Å². The van der Waals surface area contributed by atoms with Crippen molar-refractivity contribution in [3.05, 3.63) is 35.7 Å². The molecule has 0 unspecified atom stereocenters. The van der Waals surface area contributed by atoms with Crippen LogP contribution in [0.3, 0.4) is 0 Å². The summed E-state index contributed by atoms with van der Waals surface area (Å²) in [5.74, 6) is 2.42. The third-order valence-electron chi connectivity index (χ3n) is 6.64. The van der Waals surface area contributed by atoms with Crippen LogP contribution < -0.4 is 16.0 Å². The second-order valence-corrected chi connectivity index (χ2v) is 9.37. The van der Waals surface area contributed by atoms with Crippen molar-refractivity contribution in [2.24, 2.45) is 5.92 Å². The molecular weight excluding hydrogens is 396 g/mol. The van der Waals surface area contributed by atoms with Crippen LogP contribution in [0.4, 0.5) is 11.8 Å². The molecule has 0 atom stereocenters. The minimum atomic E-state index is 0.465. The van der Waals surface area contributed by atoms with Gasteiger partial charge in [-0.2, -0.15) is 4.98 Å². The van der Waals surface area contributed by atoms with Crippen molar-refractivity contribution >= 4 is 17.8 Å². The zero-order valence-electron chi connectivity index (χ0n) is 19.7. The lowest BCUT2D eigenvalue weighted by molar-refractivity contribution is 0.361. The molecule has 1 saturated heterocycles. The van der Waals surface area contributed by atoms with Crippen LogP contribution in [0.15, 0.2) is 30.1 Å². The quantitative estimate of drug-likeness (QED) is 0.476. The number of hydrogen-bond acceptors (Lipinski definition) is 6. The third-order valence-corrected chi connectivity index (χ3v) is 6.64. The van der Waals surface area contributed by atoms with Crippen molar-refractivity contribution in [2.75, 3.05) is 30.3 Å². The van der Waals surface area contributed by atoms with Gasteiger partial charge in [0.1, 0.15) is 5.82 Å². The van der Waals surface area contributed by atoms with Crippen LogP contribution in [0.5, 0.6) is 0 Å². The smallest absolute Gasteiger partial charge is 0.224 e. The van der Waals surface area contributed by atoms with E-state index in [2.05, 4.69) is 53.0 Å². The van der Waals surface area contributed by atoms with E-state index in [0.717, 1.165) is 68.3 Å². The highest BCUT2D eigenvalue weighted by Gasteiger charge is 2.20. The average Bonchev–Trinajstić information content (AvgIpc) is 2.82. The van der Waals surface area contributed by atoms with Crippen LogP contribution in [0, 0.1) is 5.92 Å². The van der Waals surface area contributed by atoms with Gasteiger partial charge in [0, 0.05) is 25.0 Å². The summed E-state index contributed by atoms with van der Waals surface area (Å²) in [6, 6.07) is 4.73. The summed E-state index contributed by atoms with van der Waals surface area (Å²) in [6.07, 6.45) is 15.6. The lowest BCUT2D eigenvalue weighted by Gasteiger charge is -2.28. The predicted octanol–water partition coefficient (Wildman–Crippen LogP) is 5.51. The number of aromatic nitrogens is 3. The lowest BCUT2D eigenvalue weighted by atomic mass is 9.87. The first kappa shape index (κ1) is 22.7. The molecule has 0 amide bonds.